The number of hydrogen-bond acceptors (Lipinski definition) is 2. The third-order valence-electron chi connectivity index (χ3n) is 2.51. The zero-order valence-corrected chi connectivity index (χ0v) is 12.0. The second kappa shape index (κ2) is 6.56. The van der Waals surface area contributed by atoms with E-state index in [0.717, 1.165) is 0 Å². The minimum atomic E-state index is -1.01. The minimum absolute atomic E-state index is 0.0835. The van der Waals surface area contributed by atoms with Gasteiger partial charge in [-0.25, -0.2) is 4.39 Å². The third-order valence-corrected chi connectivity index (χ3v) is 3.06. The molecule has 0 saturated heterocycles. The largest absolute Gasteiger partial charge is 0.316 e. The average Bonchev–Trinajstić information content (AvgIpc) is 2.44. The molecule has 0 unspecified atom stereocenters. The molecule has 0 aliphatic rings. The summed E-state index contributed by atoms with van der Waals surface area (Å²) in [6, 6.07) is 9.91. The predicted octanol–water partition coefficient (Wildman–Crippen LogP) is 3.71. The summed E-state index contributed by atoms with van der Waals surface area (Å²) in [5.41, 5.74) is 0.148. The van der Waals surface area contributed by atoms with Gasteiger partial charge in [-0.15, -0.1) is 0 Å². The van der Waals surface area contributed by atoms with Gasteiger partial charge >= 0.3 is 11.8 Å². The molecule has 2 N–H and O–H groups in total. The van der Waals surface area contributed by atoms with Crippen molar-refractivity contribution >= 4 is 46.4 Å². The molecule has 0 aliphatic carbocycles. The average molecular weight is 327 g/mol. The molecule has 0 aromatic heterocycles. The molecule has 0 fully saturated rings. The Kier molecular flexibility index (Phi) is 4.77. The number of carbonyl (C=O) groups is 2. The third kappa shape index (κ3) is 3.93. The van der Waals surface area contributed by atoms with Gasteiger partial charge in [-0.05, 0) is 30.3 Å². The van der Waals surface area contributed by atoms with Crippen molar-refractivity contribution in [2.75, 3.05) is 10.6 Å². The fourth-order valence-electron chi connectivity index (χ4n) is 1.51. The van der Waals surface area contributed by atoms with E-state index in [-0.39, 0.29) is 16.4 Å². The number of halogens is 3. The maximum absolute atomic E-state index is 13.4. The lowest BCUT2D eigenvalue weighted by Gasteiger charge is -2.08. The van der Waals surface area contributed by atoms with Crippen LogP contribution in [0.25, 0.3) is 0 Å². The van der Waals surface area contributed by atoms with E-state index in [1.165, 1.54) is 42.5 Å². The summed E-state index contributed by atoms with van der Waals surface area (Å²) in [5.74, 6) is -2.61. The molecule has 2 aromatic carbocycles. The summed E-state index contributed by atoms with van der Waals surface area (Å²) < 4.78 is 13.4. The summed E-state index contributed by atoms with van der Waals surface area (Å²) in [6.07, 6.45) is 0. The first kappa shape index (κ1) is 15.3. The summed E-state index contributed by atoms with van der Waals surface area (Å²) in [6.45, 7) is 0. The summed E-state index contributed by atoms with van der Waals surface area (Å²) in [7, 11) is 0. The minimum Gasteiger partial charge on any atom is -0.316 e. The smallest absolute Gasteiger partial charge is 0.314 e. The molecule has 0 radical (unpaired) electrons. The highest BCUT2D eigenvalue weighted by Crippen LogP contribution is 2.25. The van der Waals surface area contributed by atoms with Crippen molar-refractivity contribution in [1.29, 1.82) is 0 Å². The van der Waals surface area contributed by atoms with E-state index >= 15 is 0 Å². The normalized spacial score (nSPS) is 10.0. The van der Waals surface area contributed by atoms with E-state index in [1.807, 2.05) is 0 Å². The van der Waals surface area contributed by atoms with Gasteiger partial charge in [0.15, 0.2) is 0 Å². The lowest BCUT2D eigenvalue weighted by molar-refractivity contribution is -0.133. The van der Waals surface area contributed by atoms with Crippen LogP contribution in [0.4, 0.5) is 15.8 Å². The molecule has 7 heteroatoms. The van der Waals surface area contributed by atoms with Gasteiger partial charge in [-0.3, -0.25) is 9.59 Å². The van der Waals surface area contributed by atoms with Crippen LogP contribution in [-0.2, 0) is 9.59 Å². The number of hydrogen-bond donors (Lipinski definition) is 2. The molecule has 0 aliphatic heterocycles. The Balaban J connectivity index is 2.06. The van der Waals surface area contributed by atoms with Crippen molar-refractivity contribution in [3.63, 3.8) is 0 Å². The van der Waals surface area contributed by atoms with Crippen LogP contribution >= 0.6 is 23.2 Å². The molecule has 0 spiro atoms. The first-order valence-electron chi connectivity index (χ1n) is 5.79. The number of para-hydroxylation sites is 1. The van der Waals surface area contributed by atoms with E-state index in [4.69, 9.17) is 23.2 Å². The molecule has 0 heterocycles. The maximum Gasteiger partial charge on any atom is 0.314 e. The lowest BCUT2D eigenvalue weighted by atomic mass is 10.3. The molecular weight excluding hydrogens is 318 g/mol. The Labute approximate surface area is 129 Å². The second-order valence-corrected chi connectivity index (χ2v) is 4.86. The molecule has 0 bridgehead atoms. The van der Waals surface area contributed by atoms with Gasteiger partial charge in [-0.1, -0.05) is 35.3 Å². The van der Waals surface area contributed by atoms with Crippen LogP contribution in [0.2, 0.25) is 10.0 Å². The van der Waals surface area contributed by atoms with Crippen LogP contribution in [0.15, 0.2) is 42.5 Å². The fraction of sp³-hybridized carbons (Fsp3) is 0. The van der Waals surface area contributed by atoms with Crippen molar-refractivity contribution in [3.05, 3.63) is 58.3 Å². The first-order chi connectivity index (χ1) is 9.97. The number of amides is 2. The van der Waals surface area contributed by atoms with Crippen LogP contribution in [-0.4, -0.2) is 11.8 Å². The van der Waals surface area contributed by atoms with Crippen LogP contribution < -0.4 is 10.6 Å². The standard InChI is InChI=1S/C14H9Cl2FN2O2/c15-8-5-6-11(9(16)7-8)18-13(20)14(21)19-12-4-2-1-3-10(12)17/h1-7H,(H,18,20)(H,19,21). The number of anilines is 2. The maximum atomic E-state index is 13.4. The Morgan fingerprint density at radius 3 is 2.14 bits per heavy atom. The second-order valence-electron chi connectivity index (χ2n) is 4.01. The van der Waals surface area contributed by atoms with Crippen molar-refractivity contribution in [1.82, 2.24) is 0 Å². The molecular formula is C14H9Cl2FN2O2. The van der Waals surface area contributed by atoms with E-state index < -0.39 is 17.6 Å². The lowest BCUT2D eigenvalue weighted by Crippen LogP contribution is -2.29. The van der Waals surface area contributed by atoms with Crippen LogP contribution in [0.5, 0.6) is 0 Å². The predicted molar refractivity (Wildman–Crippen MR) is 80.1 cm³/mol. The highest BCUT2D eigenvalue weighted by molar-refractivity contribution is 6.45. The molecule has 2 amide bonds. The van der Waals surface area contributed by atoms with Crippen LogP contribution in [0.3, 0.4) is 0 Å². The summed E-state index contributed by atoms with van der Waals surface area (Å²) in [4.78, 5) is 23.4. The van der Waals surface area contributed by atoms with Gasteiger partial charge in [0.2, 0.25) is 0 Å². The zero-order valence-electron chi connectivity index (χ0n) is 10.5. The Hall–Kier alpha value is -2.11. The van der Waals surface area contributed by atoms with Gasteiger partial charge in [0, 0.05) is 5.02 Å². The number of rotatable bonds is 2. The van der Waals surface area contributed by atoms with Crippen molar-refractivity contribution < 1.29 is 14.0 Å². The number of benzene rings is 2. The van der Waals surface area contributed by atoms with Crippen molar-refractivity contribution in [2.45, 2.75) is 0 Å². The molecule has 21 heavy (non-hydrogen) atoms. The van der Waals surface area contributed by atoms with Crippen molar-refractivity contribution in [3.8, 4) is 0 Å². The molecule has 108 valence electrons. The first-order valence-corrected chi connectivity index (χ1v) is 6.55. The molecule has 0 atom stereocenters. The Morgan fingerprint density at radius 2 is 1.52 bits per heavy atom. The van der Waals surface area contributed by atoms with Gasteiger partial charge < -0.3 is 10.6 Å². The Morgan fingerprint density at radius 1 is 0.905 bits per heavy atom. The van der Waals surface area contributed by atoms with Gasteiger partial charge in [0.05, 0.1) is 16.4 Å². The zero-order chi connectivity index (χ0) is 15.4. The quantitative estimate of drug-likeness (QED) is 0.826. The fourth-order valence-corrected chi connectivity index (χ4v) is 1.97. The van der Waals surface area contributed by atoms with E-state index in [0.29, 0.717) is 5.02 Å². The van der Waals surface area contributed by atoms with Crippen LogP contribution in [0.1, 0.15) is 0 Å². The SMILES string of the molecule is O=C(Nc1ccccc1F)C(=O)Nc1ccc(Cl)cc1Cl. The highest BCUT2D eigenvalue weighted by atomic mass is 35.5. The molecule has 2 aromatic rings. The monoisotopic (exact) mass is 326 g/mol. The highest BCUT2D eigenvalue weighted by Gasteiger charge is 2.16. The summed E-state index contributed by atoms with van der Waals surface area (Å²) >= 11 is 11.6. The van der Waals surface area contributed by atoms with E-state index in [2.05, 4.69) is 10.6 Å². The van der Waals surface area contributed by atoms with Gasteiger partial charge in [-0.2, -0.15) is 0 Å². The van der Waals surface area contributed by atoms with Gasteiger partial charge in [0.1, 0.15) is 5.82 Å². The van der Waals surface area contributed by atoms with Crippen LogP contribution in [0, 0.1) is 5.82 Å². The van der Waals surface area contributed by atoms with Crippen molar-refractivity contribution in [2.24, 2.45) is 0 Å². The summed E-state index contributed by atoms with van der Waals surface area (Å²) in [5, 5.41) is 5.07. The van der Waals surface area contributed by atoms with E-state index in [9.17, 15) is 14.0 Å². The van der Waals surface area contributed by atoms with Gasteiger partial charge in [0.25, 0.3) is 0 Å². The number of nitrogens with one attached hydrogen (secondary N) is 2. The number of carbonyl (C=O) groups excluding carboxylic acids is 2. The van der Waals surface area contributed by atoms with E-state index in [1.54, 1.807) is 0 Å². The molecule has 2 rings (SSSR count). The topological polar surface area (TPSA) is 58.2 Å². The Bertz CT molecular complexity index is 707. The molecule has 0 saturated carbocycles. The molecule has 4 nitrogen and oxygen atoms in total.